The lowest BCUT2D eigenvalue weighted by Gasteiger charge is -2.33. The minimum absolute atomic E-state index is 0.0276. The van der Waals surface area contributed by atoms with E-state index in [1.807, 2.05) is 0 Å². The summed E-state index contributed by atoms with van der Waals surface area (Å²) in [7, 11) is -3.15. The Kier molecular flexibility index (Phi) is 5.79. The molecule has 1 aromatic rings. The van der Waals surface area contributed by atoms with Crippen molar-refractivity contribution in [2.45, 2.75) is 51.0 Å². The van der Waals surface area contributed by atoms with Crippen molar-refractivity contribution >= 4 is 15.9 Å². The molecule has 6 heteroatoms. The first kappa shape index (κ1) is 18.4. The van der Waals surface area contributed by atoms with Crippen molar-refractivity contribution < 1.29 is 13.2 Å². The number of rotatable bonds is 6. The van der Waals surface area contributed by atoms with E-state index in [1.54, 1.807) is 4.31 Å². The van der Waals surface area contributed by atoms with E-state index in [2.05, 4.69) is 29.6 Å². The first-order chi connectivity index (χ1) is 11.9. The molecule has 1 aliphatic carbocycles. The van der Waals surface area contributed by atoms with Gasteiger partial charge in [-0.1, -0.05) is 30.7 Å². The highest BCUT2D eigenvalue weighted by molar-refractivity contribution is 7.88. The standard InChI is InChI=1S/C19H28N2O3S/c1-25(23,24)21-11-5-4-8-18(21)9-10-20-19(22)14-15-12-16-6-2-3-7-17(16)13-15/h2-3,6-7,15,18H,4-5,8-14H2,1H3,(H,20,22)/t18-/m0/s1. The molecule has 0 spiro atoms. The van der Waals surface area contributed by atoms with Gasteiger partial charge in [-0.25, -0.2) is 8.42 Å². The maximum Gasteiger partial charge on any atom is 0.220 e. The van der Waals surface area contributed by atoms with Crippen molar-refractivity contribution in [3.8, 4) is 0 Å². The quantitative estimate of drug-likeness (QED) is 0.841. The van der Waals surface area contributed by atoms with Gasteiger partial charge in [0.2, 0.25) is 15.9 Å². The summed E-state index contributed by atoms with van der Waals surface area (Å²) in [6, 6.07) is 8.43. The number of amides is 1. The van der Waals surface area contributed by atoms with E-state index in [0.29, 0.717) is 31.8 Å². The van der Waals surface area contributed by atoms with Crippen molar-refractivity contribution in [2.75, 3.05) is 19.3 Å². The first-order valence-electron chi connectivity index (χ1n) is 9.24. The molecule has 1 aromatic carbocycles. The number of carbonyl (C=O) groups excluding carboxylic acids is 1. The average molecular weight is 365 g/mol. The van der Waals surface area contributed by atoms with Crippen molar-refractivity contribution in [1.82, 2.24) is 9.62 Å². The molecule has 1 heterocycles. The van der Waals surface area contributed by atoms with Crippen LogP contribution in [-0.2, 0) is 27.7 Å². The Hall–Kier alpha value is -1.40. The van der Waals surface area contributed by atoms with Crippen molar-refractivity contribution in [2.24, 2.45) is 5.92 Å². The van der Waals surface area contributed by atoms with Crippen LogP contribution in [0, 0.1) is 5.92 Å². The van der Waals surface area contributed by atoms with Crippen LogP contribution in [0.2, 0.25) is 0 Å². The number of nitrogens with zero attached hydrogens (tertiary/aromatic N) is 1. The second-order valence-corrected chi connectivity index (χ2v) is 9.34. The van der Waals surface area contributed by atoms with E-state index in [4.69, 9.17) is 0 Å². The van der Waals surface area contributed by atoms with Gasteiger partial charge in [-0.3, -0.25) is 4.79 Å². The van der Waals surface area contributed by atoms with Gasteiger partial charge in [0.15, 0.2) is 0 Å². The predicted octanol–water partition coefficient (Wildman–Crippen LogP) is 2.11. The molecule has 0 radical (unpaired) electrons. The minimum Gasteiger partial charge on any atom is -0.356 e. The van der Waals surface area contributed by atoms with Gasteiger partial charge in [0.1, 0.15) is 0 Å². The molecule has 2 aliphatic rings. The summed E-state index contributed by atoms with van der Waals surface area (Å²) in [6.07, 6.45) is 7.37. The lowest BCUT2D eigenvalue weighted by molar-refractivity contribution is -0.122. The molecule has 0 aromatic heterocycles. The van der Waals surface area contributed by atoms with Gasteiger partial charge in [0.25, 0.3) is 0 Å². The van der Waals surface area contributed by atoms with Crippen LogP contribution in [0.3, 0.4) is 0 Å². The van der Waals surface area contributed by atoms with Crippen LogP contribution in [0.5, 0.6) is 0 Å². The monoisotopic (exact) mass is 364 g/mol. The topological polar surface area (TPSA) is 66.5 Å². The smallest absolute Gasteiger partial charge is 0.220 e. The molecule has 3 rings (SSSR count). The summed E-state index contributed by atoms with van der Waals surface area (Å²) >= 11 is 0. The Morgan fingerprint density at radius 3 is 2.52 bits per heavy atom. The van der Waals surface area contributed by atoms with Gasteiger partial charge < -0.3 is 5.32 Å². The summed E-state index contributed by atoms with van der Waals surface area (Å²) < 4.78 is 25.3. The van der Waals surface area contributed by atoms with E-state index in [0.717, 1.165) is 32.1 Å². The van der Waals surface area contributed by atoms with E-state index in [-0.39, 0.29) is 11.9 Å². The van der Waals surface area contributed by atoms with Crippen LogP contribution in [-0.4, -0.2) is 44.0 Å². The van der Waals surface area contributed by atoms with Crippen LogP contribution >= 0.6 is 0 Å². The number of piperidine rings is 1. The zero-order valence-electron chi connectivity index (χ0n) is 14.9. The molecule has 1 saturated heterocycles. The van der Waals surface area contributed by atoms with E-state index >= 15 is 0 Å². The van der Waals surface area contributed by atoms with Gasteiger partial charge in [-0.15, -0.1) is 0 Å². The zero-order valence-corrected chi connectivity index (χ0v) is 15.7. The van der Waals surface area contributed by atoms with Crippen molar-refractivity contribution in [3.63, 3.8) is 0 Å². The second-order valence-electron chi connectivity index (χ2n) is 7.41. The third-order valence-electron chi connectivity index (χ3n) is 5.41. The molecule has 1 N–H and O–H groups in total. The highest BCUT2D eigenvalue weighted by atomic mass is 32.2. The second kappa shape index (κ2) is 7.87. The van der Waals surface area contributed by atoms with Crippen molar-refractivity contribution in [3.05, 3.63) is 35.4 Å². The SMILES string of the molecule is CS(=O)(=O)N1CCCC[C@H]1CCNC(=O)CC1Cc2ccccc2C1. The average Bonchev–Trinajstić information content (AvgIpc) is 2.96. The third-order valence-corrected chi connectivity index (χ3v) is 6.74. The Balaban J connectivity index is 1.42. The number of carbonyl (C=O) groups is 1. The summed E-state index contributed by atoms with van der Waals surface area (Å²) in [6.45, 7) is 1.16. The fourth-order valence-corrected chi connectivity index (χ4v) is 5.42. The summed E-state index contributed by atoms with van der Waals surface area (Å²) in [4.78, 5) is 12.2. The molecule has 1 atom stereocenters. The summed E-state index contributed by atoms with van der Waals surface area (Å²) in [5.74, 6) is 0.471. The number of sulfonamides is 1. The van der Waals surface area contributed by atoms with Gasteiger partial charge >= 0.3 is 0 Å². The van der Waals surface area contributed by atoms with E-state index in [9.17, 15) is 13.2 Å². The molecule has 0 saturated carbocycles. The van der Waals surface area contributed by atoms with Crippen LogP contribution < -0.4 is 5.32 Å². The maximum absolute atomic E-state index is 12.2. The molecule has 0 bridgehead atoms. The molecule has 1 aliphatic heterocycles. The summed E-state index contributed by atoms with van der Waals surface area (Å²) in [5, 5.41) is 3.00. The van der Waals surface area contributed by atoms with Gasteiger partial charge in [-0.2, -0.15) is 4.31 Å². The van der Waals surface area contributed by atoms with Gasteiger partial charge in [0.05, 0.1) is 6.26 Å². The van der Waals surface area contributed by atoms with Crippen LogP contribution in [0.25, 0.3) is 0 Å². The molecular weight excluding hydrogens is 336 g/mol. The number of hydrogen-bond donors (Lipinski definition) is 1. The number of nitrogens with one attached hydrogen (secondary N) is 1. The fraction of sp³-hybridized carbons (Fsp3) is 0.632. The molecule has 138 valence electrons. The molecule has 1 fully saturated rings. The molecule has 5 nitrogen and oxygen atoms in total. The molecule has 0 unspecified atom stereocenters. The minimum atomic E-state index is -3.15. The highest BCUT2D eigenvalue weighted by Gasteiger charge is 2.29. The van der Waals surface area contributed by atoms with Crippen LogP contribution in [0.1, 0.15) is 43.2 Å². The lowest BCUT2D eigenvalue weighted by Crippen LogP contribution is -2.44. The maximum atomic E-state index is 12.2. The number of hydrogen-bond acceptors (Lipinski definition) is 3. The number of fused-ring (bicyclic) bond motifs is 1. The molecule has 1 amide bonds. The highest BCUT2D eigenvalue weighted by Crippen LogP contribution is 2.28. The Morgan fingerprint density at radius 2 is 1.88 bits per heavy atom. The Labute approximate surface area is 150 Å². The third kappa shape index (κ3) is 4.82. The lowest BCUT2D eigenvalue weighted by atomic mass is 10.0. The van der Waals surface area contributed by atoms with Crippen LogP contribution in [0.15, 0.2) is 24.3 Å². The van der Waals surface area contributed by atoms with Crippen molar-refractivity contribution in [1.29, 1.82) is 0 Å². The van der Waals surface area contributed by atoms with Gasteiger partial charge in [-0.05, 0) is 49.1 Å². The van der Waals surface area contributed by atoms with Gasteiger partial charge in [0, 0.05) is 25.6 Å². The Bertz CT molecular complexity index is 692. The fourth-order valence-electron chi connectivity index (χ4n) is 4.21. The Morgan fingerprint density at radius 1 is 1.20 bits per heavy atom. The van der Waals surface area contributed by atoms with E-state index in [1.165, 1.54) is 17.4 Å². The molecule has 25 heavy (non-hydrogen) atoms. The molecular formula is C19H28N2O3S. The van der Waals surface area contributed by atoms with Crippen LogP contribution in [0.4, 0.5) is 0 Å². The predicted molar refractivity (Wildman–Crippen MR) is 98.8 cm³/mol. The normalized spacial score (nSPS) is 21.9. The largest absolute Gasteiger partial charge is 0.356 e. The first-order valence-corrected chi connectivity index (χ1v) is 11.1. The van der Waals surface area contributed by atoms with E-state index < -0.39 is 10.0 Å². The zero-order chi connectivity index (χ0) is 17.9. The number of benzene rings is 1. The summed E-state index contributed by atoms with van der Waals surface area (Å²) in [5.41, 5.74) is 2.73.